The van der Waals surface area contributed by atoms with E-state index in [4.69, 9.17) is 4.74 Å². The third-order valence-electron chi connectivity index (χ3n) is 1.34. The Morgan fingerprint density at radius 1 is 1.58 bits per heavy atom. The molecule has 0 saturated carbocycles. The van der Waals surface area contributed by atoms with Crippen LogP contribution in [0.4, 0.5) is 0 Å². The summed E-state index contributed by atoms with van der Waals surface area (Å²) in [6, 6.07) is 0. The maximum absolute atomic E-state index is 10.8. The van der Waals surface area contributed by atoms with Crippen LogP contribution in [-0.4, -0.2) is 17.4 Å². The van der Waals surface area contributed by atoms with Gasteiger partial charge in [0, 0.05) is 10.9 Å². The number of alkyl halides is 1. The maximum Gasteiger partial charge on any atom is 0.330 e. The highest BCUT2D eigenvalue weighted by Crippen LogP contribution is 2.12. The van der Waals surface area contributed by atoms with Gasteiger partial charge in [0.2, 0.25) is 0 Å². The van der Waals surface area contributed by atoms with E-state index in [9.17, 15) is 4.79 Å². The number of hydrogen-bond acceptors (Lipinski definition) is 2. The molecule has 70 valence electrons. The van der Waals surface area contributed by atoms with E-state index in [0.717, 1.165) is 0 Å². The SMILES string of the molecule is CCOC(=O)/C=C/C(Br)C(C)C. The van der Waals surface area contributed by atoms with E-state index in [2.05, 4.69) is 29.8 Å². The Labute approximate surface area is 82.1 Å². The monoisotopic (exact) mass is 234 g/mol. The minimum Gasteiger partial charge on any atom is -0.463 e. The molecule has 0 aromatic heterocycles. The molecule has 0 bridgehead atoms. The smallest absolute Gasteiger partial charge is 0.330 e. The van der Waals surface area contributed by atoms with Crippen molar-refractivity contribution in [2.75, 3.05) is 6.61 Å². The number of halogens is 1. The first-order valence-corrected chi connectivity index (χ1v) is 4.98. The second-order valence-corrected chi connectivity index (χ2v) is 3.86. The van der Waals surface area contributed by atoms with Gasteiger partial charge in [0.15, 0.2) is 0 Å². The molecule has 1 atom stereocenters. The van der Waals surface area contributed by atoms with Crippen molar-refractivity contribution >= 4 is 21.9 Å². The van der Waals surface area contributed by atoms with Crippen LogP contribution >= 0.6 is 15.9 Å². The second kappa shape index (κ2) is 6.23. The molecule has 0 aromatic rings. The van der Waals surface area contributed by atoms with Crippen LogP contribution in [-0.2, 0) is 9.53 Å². The van der Waals surface area contributed by atoms with Gasteiger partial charge < -0.3 is 4.74 Å². The first-order chi connectivity index (χ1) is 5.57. The molecule has 0 aromatic carbocycles. The number of hydrogen-bond donors (Lipinski definition) is 0. The Bertz CT molecular complexity index is 164. The molecule has 0 aliphatic carbocycles. The second-order valence-electron chi connectivity index (χ2n) is 2.80. The average Bonchev–Trinajstić information content (AvgIpc) is 2.00. The molecule has 12 heavy (non-hydrogen) atoms. The van der Waals surface area contributed by atoms with Gasteiger partial charge in [0.25, 0.3) is 0 Å². The predicted octanol–water partition coefficient (Wildman–Crippen LogP) is 2.53. The van der Waals surface area contributed by atoms with Crippen LogP contribution in [0, 0.1) is 5.92 Å². The summed E-state index contributed by atoms with van der Waals surface area (Å²) >= 11 is 3.43. The Morgan fingerprint density at radius 2 is 2.17 bits per heavy atom. The highest BCUT2D eigenvalue weighted by Gasteiger charge is 2.04. The van der Waals surface area contributed by atoms with Crippen molar-refractivity contribution in [1.82, 2.24) is 0 Å². The quantitative estimate of drug-likeness (QED) is 0.425. The molecule has 0 N–H and O–H groups in total. The van der Waals surface area contributed by atoms with Gasteiger partial charge in [-0.15, -0.1) is 0 Å². The fraction of sp³-hybridized carbons (Fsp3) is 0.667. The van der Waals surface area contributed by atoms with Crippen molar-refractivity contribution in [2.24, 2.45) is 5.92 Å². The van der Waals surface area contributed by atoms with Crippen LogP contribution in [0.2, 0.25) is 0 Å². The highest BCUT2D eigenvalue weighted by molar-refractivity contribution is 9.09. The lowest BCUT2D eigenvalue weighted by molar-refractivity contribution is -0.137. The van der Waals surface area contributed by atoms with Crippen LogP contribution in [0.5, 0.6) is 0 Å². The summed E-state index contributed by atoms with van der Waals surface area (Å²) < 4.78 is 4.73. The Hall–Kier alpha value is -0.310. The molecule has 1 unspecified atom stereocenters. The summed E-state index contributed by atoms with van der Waals surface area (Å²) in [5.41, 5.74) is 0. The van der Waals surface area contributed by atoms with Crippen molar-refractivity contribution in [3.05, 3.63) is 12.2 Å². The number of ether oxygens (including phenoxy) is 1. The third-order valence-corrected chi connectivity index (χ3v) is 2.70. The summed E-state index contributed by atoms with van der Waals surface area (Å²) in [5, 5.41) is 0. The molecule has 0 rings (SSSR count). The van der Waals surface area contributed by atoms with Crippen molar-refractivity contribution < 1.29 is 9.53 Å². The summed E-state index contributed by atoms with van der Waals surface area (Å²) in [7, 11) is 0. The van der Waals surface area contributed by atoms with Crippen molar-refractivity contribution in [2.45, 2.75) is 25.6 Å². The Morgan fingerprint density at radius 3 is 2.58 bits per heavy atom. The molecular weight excluding hydrogens is 220 g/mol. The van der Waals surface area contributed by atoms with E-state index in [-0.39, 0.29) is 10.8 Å². The van der Waals surface area contributed by atoms with E-state index >= 15 is 0 Å². The van der Waals surface area contributed by atoms with E-state index in [1.807, 2.05) is 6.08 Å². The topological polar surface area (TPSA) is 26.3 Å². The molecule has 0 spiro atoms. The highest BCUT2D eigenvalue weighted by atomic mass is 79.9. The van der Waals surface area contributed by atoms with Crippen LogP contribution < -0.4 is 0 Å². The van der Waals surface area contributed by atoms with Crippen molar-refractivity contribution in [1.29, 1.82) is 0 Å². The number of carbonyl (C=O) groups excluding carboxylic acids is 1. The van der Waals surface area contributed by atoms with Gasteiger partial charge in [0.1, 0.15) is 0 Å². The van der Waals surface area contributed by atoms with E-state index < -0.39 is 0 Å². The molecule has 0 saturated heterocycles. The number of rotatable bonds is 4. The summed E-state index contributed by atoms with van der Waals surface area (Å²) in [6.45, 7) is 6.38. The zero-order valence-electron chi connectivity index (χ0n) is 7.71. The van der Waals surface area contributed by atoms with E-state index in [1.165, 1.54) is 6.08 Å². The largest absolute Gasteiger partial charge is 0.463 e. The molecule has 0 aliphatic rings. The van der Waals surface area contributed by atoms with Crippen LogP contribution in [0.3, 0.4) is 0 Å². The Balaban J connectivity index is 3.81. The van der Waals surface area contributed by atoms with Crippen LogP contribution in [0.1, 0.15) is 20.8 Å². The Kier molecular flexibility index (Phi) is 6.07. The zero-order valence-corrected chi connectivity index (χ0v) is 9.30. The number of allylic oxidation sites excluding steroid dienone is 1. The number of esters is 1. The normalized spacial score (nSPS) is 13.8. The summed E-state index contributed by atoms with van der Waals surface area (Å²) in [5.74, 6) is 0.207. The van der Waals surface area contributed by atoms with Crippen LogP contribution in [0.15, 0.2) is 12.2 Å². The van der Waals surface area contributed by atoms with Gasteiger partial charge in [-0.2, -0.15) is 0 Å². The van der Waals surface area contributed by atoms with Gasteiger partial charge in [-0.05, 0) is 12.8 Å². The molecule has 0 aliphatic heterocycles. The van der Waals surface area contributed by atoms with Crippen LogP contribution in [0.25, 0.3) is 0 Å². The fourth-order valence-electron chi connectivity index (χ4n) is 0.583. The van der Waals surface area contributed by atoms with Gasteiger partial charge in [0.05, 0.1) is 6.61 Å². The van der Waals surface area contributed by atoms with Gasteiger partial charge in [-0.1, -0.05) is 35.9 Å². The van der Waals surface area contributed by atoms with E-state index in [1.54, 1.807) is 6.92 Å². The lowest BCUT2D eigenvalue weighted by Crippen LogP contribution is -2.05. The summed E-state index contributed by atoms with van der Waals surface area (Å²) in [4.78, 5) is 11.1. The standard InChI is InChI=1S/C9H15BrO2/c1-4-12-9(11)6-5-8(10)7(2)3/h5-8H,4H2,1-3H3/b6-5+. The number of carbonyl (C=O) groups is 1. The van der Waals surface area contributed by atoms with E-state index in [0.29, 0.717) is 12.5 Å². The van der Waals surface area contributed by atoms with Gasteiger partial charge in [-0.3, -0.25) is 0 Å². The fourth-order valence-corrected chi connectivity index (χ4v) is 0.736. The average molecular weight is 235 g/mol. The predicted molar refractivity (Wildman–Crippen MR) is 53.3 cm³/mol. The molecule has 0 heterocycles. The molecule has 2 nitrogen and oxygen atoms in total. The lowest BCUT2D eigenvalue weighted by Gasteiger charge is -2.06. The lowest BCUT2D eigenvalue weighted by atomic mass is 10.1. The molecule has 3 heteroatoms. The molecular formula is C9H15BrO2. The van der Waals surface area contributed by atoms with Gasteiger partial charge in [-0.25, -0.2) is 4.79 Å². The maximum atomic E-state index is 10.8. The van der Waals surface area contributed by atoms with Gasteiger partial charge >= 0.3 is 5.97 Å². The van der Waals surface area contributed by atoms with Crippen molar-refractivity contribution in [3.8, 4) is 0 Å². The molecule has 0 amide bonds. The molecule has 0 radical (unpaired) electrons. The minimum atomic E-state index is -0.275. The van der Waals surface area contributed by atoms with Crippen molar-refractivity contribution in [3.63, 3.8) is 0 Å². The first-order valence-electron chi connectivity index (χ1n) is 4.07. The zero-order chi connectivity index (χ0) is 9.56. The summed E-state index contributed by atoms with van der Waals surface area (Å²) in [6.07, 6.45) is 3.27. The third kappa shape index (κ3) is 5.35. The first kappa shape index (κ1) is 11.7. The molecule has 0 fully saturated rings. The minimum absolute atomic E-state index is 0.238.